The highest BCUT2D eigenvalue weighted by atomic mass is 32.1. The predicted octanol–water partition coefficient (Wildman–Crippen LogP) is 1.24. The van der Waals surface area contributed by atoms with Crippen molar-refractivity contribution in [1.29, 1.82) is 0 Å². The summed E-state index contributed by atoms with van der Waals surface area (Å²) in [5.74, 6) is 0.958. The Labute approximate surface area is 164 Å². The number of hydrogen-bond donors (Lipinski definition) is 1. The van der Waals surface area contributed by atoms with Gasteiger partial charge in [-0.3, -0.25) is 9.59 Å². The number of ether oxygens (including phenoxy) is 1. The van der Waals surface area contributed by atoms with Crippen LogP contribution in [0.25, 0.3) is 0 Å². The maximum absolute atomic E-state index is 12.9. The molecule has 1 aromatic carbocycles. The molecule has 1 fully saturated rings. The van der Waals surface area contributed by atoms with Crippen LogP contribution in [-0.4, -0.2) is 48.2 Å². The van der Waals surface area contributed by atoms with Crippen LogP contribution in [0.1, 0.15) is 18.3 Å². The molecule has 1 saturated heterocycles. The van der Waals surface area contributed by atoms with Crippen molar-refractivity contribution in [3.63, 3.8) is 0 Å². The van der Waals surface area contributed by atoms with Crippen LogP contribution in [0.4, 0.5) is 11.5 Å². The number of hydrogen-bond acceptors (Lipinski definition) is 5. The van der Waals surface area contributed by atoms with Gasteiger partial charge in [-0.2, -0.15) is 13.5 Å². The van der Waals surface area contributed by atoms with Crippen molar-refractivity contribution in [3.8, 4) is 0 Å². The van der Waals surface area contributed by atoms with E-state index in [2.05, 4.69) is 16.0 Å². The number of anilines is 2. The molecule has 1 amide bonds. The summed E-state index contributed by atoms with van der Waals surface area (Å²) in [4.78, 5) is 36.0. The standard InChI is InChI=1S/C19H22N4O3.H2S/c1-13-10-14-4-2-3-5-15(14)23(13)19(25)11-16-20-17(12-18(24)21-16)22-6-8-26-9-7-22;/h2-5,12-13H,6-11H2,1H3,(H,20,21,24);1H2/t13-;/m0./s1. The fourth-order valence-electron chi connectivity index (χ4n) is 3.71. The lowest BCUT2D eigenvalue weighted by molar-refractivity contribution is -0.118. The van der Waals surface area contributed by atoms with Crippen molar-refractivity contribution < 1.29 is 9.53 Å². The lowest BCUT2D eigenvalue weighted by Crippen LogP contribution is -2.39. The summed E-state index contributed by atoms with van der Waals surface area (Å²) in [5, 5.41) is 0. The first-order valence-corrected chi connectivity index (χ1v) is 8.95. The summed E-state index contributed by atoms with van der Waals surface area (Å²) in [6.07, 6.45) is 0.922. The molecule has 0 radical (unpaired) electrons. The average Bonchev–Trinajstić information content (AvgIpc) is 2.97. The molecule has 0 aliphatic carbocycles. The Balaban J connectivity index is 0.00000210. The Bertz CT molecular complexity index is 879. The highest BCUT2D eigenvalue weighted by Crippen LogP contribution is 2.32. The second kappa shape index (κ2) is 8.14. The van der Waals surface area contributed by atoms with Crippen LogP contribution < -0.4 is 15.4 Å². The van der Waals surface area contributed by atoms with Crippen LogP contribution in [0, 0.1) is 0 Å². The number of rotatable bonds is 3. The number of morpholine rings is 1. The van der Waals surface area contributed by atoms with Gasteiger partial charge in [-0.1, -0.05) is 18.2 Å². The number of aromatic amines is 1. The number of carbonyl (C=O) groups excluding carboxylic acids is 1. The number of H-pyrrole nitrogens is 1. The summed E-state index contributed by atoms with van der Waals surface area (Å²) in [6.45, 7) is 4.66. The van der Waals surface area contributed by atoms with Crippen LogP contribution in [0.5, 0.6) is 0 Å². The molecular weight excluding hydrogens is 364 g/mol. The molecule has 0 bridgehead atoms. The minimum atomic E-state index is -0.237. The summed E-state index contributed by atoms with van der Waals surface area (Å²) in [6, 6.07) is 9.54. The van der Waals surface area contributed by atoms with Crippen LogP contribution in [0.2, 0.25) is 0 Å². The molecule has 8 heteroatoms. The zero-order valence-electron chi connectivity index (χ0n) is 15.3. The largest absolute Gasteiger partial charge is 0.378 e. The van der Waals surface area contributed by atoms with Gasteiger partial charge in [0, 0.05) is 30.9 Å². The second-order valence-electron chi connectivity index (χ2n) is 6.77. The Hall–Kier alpha value is -2.32. The lowest BCUT2D eigenvalue weighted by atomic mass is 10.1. The van der Waals surface area contributed by atoms with Crippen LogP contribution >= 0.6 is 13.5 Å². The van der Waals surface area contributed by atoms with E-state index in [1.165, 1.54) is 11.6 Å². The first-order chi connectivity index (χ1) is 12.6. The van der Waals surface area contributed by atoms with Crippen molar-refractivity contribution >= 4 is 30.9 Å². The molecule has 1 atom stereocenters. The van der Waals surface area contributed by atoms with E-state index in [-0.39, 0.29) is 37.4 Å². The van der Waals surface area contributed by atoms with Crippen molar-refractivity contribution in [1.82, 2.24) is 9.97 Å². The van der Waals surface area contributed by atoms with Gasteiger partial charge < -0.3 is 19.5 Å². The zero-order chi connectivity index (χ0) is 18.1. The van der Waals surface area contributed by atoms with Gasteiger partial charge in [0.2, 0.25) is 5.91 Å². The molecule has 4 rings (SSSR count). The highest BCUT2D eigenvalue weighted by molar-refractivity contribution is 7.59. The maximum atomic E-state index is 12.9. The monoisotopic (exact) mass is 388 g/mol. The van der Waals surface area contributed by atoms with E-state index in [1.807, 2.05) is 34.9 Å². The molecule has 0 unspecified atom stereocenters. The van der Waals surface area contributed by atoms with E-state index in [0.717, 1.165) is 12.1 Å². The second-order valence-corrected chi connectivity index (χ2v) is 6.77. The average molecular weight is 388 g/mol. The minimum Gasteiger partial charge on any atom is -0.378 e. The summed E-state index contributed by atoms with van der Waals surface area (Å²) >= 11 is 0. The molecule has 3 heterocycles. The van der Waals surface area contributed by atoms with Gasteiger partial charge in [0.05, 0.1) is 19.6 Å². The first-order valence-electron chi connectivity index (χ1n) is 8.95. The Morgan fingerprint density at radius 1 is 1.30 bits per heavy atom. The summed E-state index contributed by atoms with van der Waals surface area (Å²) < 4.78 is 5.34. The molecule has 27 heavy (non-hydrogen) atoms. The molecule has 1 N–H and O–H groups in total. The van der Waals surface area contributed by atoms with Gasteiger partial charge in [-0.05, 0) is 25.0 Å². The molecule has 2 aliphatic heterocycles. The van der Waals surface area contributed by atoms with Crippen molar-refractivity contribution in [3.05, 3.63) is 52.1 Å². The number of nitrogens with one attached hydrogen (secondary N) is 1. The van der Waals surface area contributed by atoms with Gasteiger partial charge in [0.15, 0.2) is 0 Å². The fourth-order valence-corrected chi connectivity index (χ4v) is 3.71. The number of benzene rings is 1. The lowest BCUT2D eigenvalue weighted by Gasteiger charge is -2.28. The topological polar surface area (TPSA) is 78.5 Å². The van der Waals surface area contributed by atoms with E-state index < -0.39 is 0 Å². The van der Waals surface area contributed by atoms with E-state index in [4.69, 9.17) is 4.74 Å². The first kappa shape index (κ1) is 19.4. The number of amides is 1. The number of nitrogens with zero attached hydrogens (tertiary/aromatic N) is 3. The molecule has 2 aromatic rings. The van der Waals surface area contributed by atoms with E-state index in [9.17, 15) is 9.59 Å². The van der Waals surface area contributed by atoms with Gasteiger partial charge in [0.1, 0.15) is 11.6 Å². The van der Waals surface area contributed by atoms with E-state index in [0.29, 0.717) is 37.9 Å². The molecule has 144 valence electrons. The number of aromatic nitrogens is 2. The molecule has 0 saturated carbocycles. The quantitative estimate of drug-likeness (QED) is 0.856. The van der Waals surface area contributed by atoms with Crippen molar-refractivity contribution in [2.75, 3.05) is 36.1 Å². The Morgan fingerprint density at radius 3 is 2.81 bits per heavy atom. The molecule has 2 aliphatic rings. The van der Waals surface area contributed by atoms with Crippen LogP contribution in [-0.2, 0) is 22.4 Å². The molecule has 7 nitrogen and oxygen atoms in total. The normalized spacial score (nSPS) is 18.8. The summed E-state index contributed by atoms with van der Waals surface area (Å²) in [7, 11) is 0. The fraction of sp³-hybridized carbons (Fsp3) is 0.421. The van der Waals surface area contributed by atoms with Gasteiger partial charge in [-0.15, -0.1) is 0 Å². The smallest absolute Gasteiger partial charge is 0.252 e. The predicted molar refractivity (Wildman–Crippen MR) is 109 cm³/mol. The molecule has 1 aromatic heterocycles. The third kappa shape index (κ3) is 4.01. The molecule has 0 spiro atoms. The SMILES string of the molecule is C[C@H]1Cc2ccccc2N1C(=O)Cc1nc(N2CCOCC2)cc(=O)[nH]1.S. The van der Waals surface area contributed by atoms with Crippen molar-refractivity contribution in [2.45, 2.75) is 25.8 Å². The summed E-state index contributed by atoms with van der Waals surface area (Å²) in [5.41, 5.74) is 1.90. The Kier molecular flexibility index (Phi) is 5.86. The maximum Gasteiger partial charge on any atom is 0.252 e. The molecular formula is C19H24N4O3S. The number of carbonyl (C=O) groups is 1. The minimum absolute atomic E-state index is 0. The third-order valence-corrected chi connectivity index (χ3v) is 4.91. The van der Waals surface area contributed by atoms with E-state index in [1.54, 1.807) is 0 Å². The highest BCUT2D eigenvalue weighted by Gasteiger charge is 2.30. The van der Waals surface area contributed by atoms with Gasteiger partial charge >= 0.3 is 0 Å². The van der Waals surface area contributed by atoms with Crippen LogP contribution in [0.15, 0.2) is 35.1 Å². The Morgan fingerprint density at radius 2 is 2.04 bits per heavy atom. The van der Waals surface area contributed by atoms with Gasteiger partial charge in [-0.25, -0.2) is 4.98 Å². The van der Waals surface area contributed by atoms with Crippen LogP contribution in [0.3, 0.4) is 0 Å². The number of fused-ring (bicyclic) bond motifs is 1. The zero-order valence-corrected chi connectivity index (χ0v) is 16.3. The van der Waals surface area contributed by atoms with Crippen molar-refractivity contribution in [2.24, 2.45) is 0 Å². The third-order valence-electron chi connectivity index (χ3n) is 4.91. The number of para-hydroxylation sites is 1. The van der Waals surface area contributed by atoms with E-state index >= 15 is 0 Å². The van der Waals surface area contributed by atoms with Gasteiger partial charge in [0.25, 0.3) is 5.56 Å².